The standard InChI is InChI=1S/C11H11BrClN3O2/c1-11(2,3)18-10(17)16-4-6(12)7-8(16)9(13)15-5-14-7/h4-5H,1-3H3. The average Bonchev–Trinajstić information content (AvgIpc) is 2.56. The zero-order valence-electron chi connectivity index (χ0n) is 10.1. The third kappa shape index (κ3) is 2.49. The van der Waals surface area contributed by atoms with Crippen molar-refractivity contribution in [2.45, 2.75) is 26.4 Å². The van der Waals surface area contributed by atoms with E-state index in [0.29, 0.717) is 15.5 Å². The second-order valence-electron chi connectivity index (χ2n) is 4.69. The quantitative estimate of drug-likeness (QED) is 0.691. The molecule has 0 amide bonds. The van der Waals surface area contributed by atoms with Crippen molar-refractivity contribution in [3.63, 3.8) is 0 Å². The van der Waals surface area contributed by atoms with Crippen LogP contribution in [0.4, 0.5) is 4.79 Å². The van der Waals surface area contributed by atoms with E-state index in [0.717, 1.165) is 0 Å². The first-order chi connectivity index (χ1) is 8.29. The van der Waals surface area contributed by atoms with Crippen molar-refractivity contribution < 1.29 is 9.53 Å². The molecule has 0 aromatic carbocycles. The summed E-state index contributed by atoms with van der Waals surface area (Å²) in [6, 6.07) is 0. The fourth-order valence-electron chi connectivity index (χ4n) is 1.44. The highest BCUT2D eigenvalue weighted by Gasteiger charge is 2.22. The summed E-state index contributed by atoms with van der Waals surface area (Å²) < 4.78 is 7.25. The number of fused-ring (bicyclic) bond motifs is 1. The average molecular weight is 333 g/mol. The Balaban J connectivity index is 2.55. The largest absolute Gasteiger partial charge is 0.443 e. The fraction of sp³-hybridized carbons (Fsp3) is 0.364. The zero-order chi connectivity index (χ0) is 13.5. The van der Waals surface area contributed by atoms with E-state index in [1.807, 2.05) is 0 Å². The van der Waals surface area contributed by atoms with Crippen molar-refractivity contribution in [1.29, 1.82) is 0 Å². The minimum Gasteiger partial charge on any atom is -0.443 e. The molecule has 0 fully saturated rings. The highest BCUT2D eigenvalue weighted by atomic mass is 79.9. The van der Waals surface area contributed by atoms with Gasteiger partial charge in [0.2, 0.25) is 0 Å². The maximum Gasteiger partial charge on any atom is 0.419 e. The van der Waals surface area contributed by atoms with Gasteiger partial charge < -0.3 is 4.74 Å². The van der Waals surface area contributed by atoms with Crippen molar-refractivity contribution in [3.05, 3.63) is 22.1 Å². The number of nitrogens with zero attached hydrogens (tertiary/aromatic N) is 3. The third-order valence-electron chi connectivity index (χ3n) is 2.08. The molecule has 0 spiro atoms. The summed E-state index contributed by atoms with van der Waals surface area (Å²) in [5, 5.41) is 0.205. The molecule has 0 radical (unpaired) electrons. The zero-order valence-corrected chi connectivity index (χ0v) is 12.4. The SMILES string of the molecule is CC(C)(C)OC(=O)n1cc(Br)c2ncnc(Cl)c21. The predicted octanol–water partition coefficient (Wildman–Crippen LogP) is 3.63. The first kappa shape index (κ1) is 13.3. The Kier molecular flexibility index (Phi) is 3.33. The first-order valence-corrected chi connectivity index (χ1v) is 6.37. The normalized spacial score (nSPS) is 11.8. The Morgan fingerprint density at radius 2 is 2.11 bits per heavy atom. The number of hydrogen-bond donors (Lipinski definition) is 0. The van der Waals surface area contributed by atoms with Gasteiger partial charge in [0, 0.05) is 6.20 Å². The fourth-order valence-corrected chi connectivity index (χ4v) is 2.16. The summed E-state index contributed by atoms with van der Waals surface area (Å²) in [5.41, 5.74) is 0.420. The van der Waals surface area contributed by atoms with E-state index in [1.165, 1.54) is 10.9 Å². The predicted molar refractivity (Wildman–Crippen MR) is 71.9 cm³/mol. The van der Waals surface area contributed by atoms with E-state index in [9.17, 15) is 4.79 Å². The van der Waals surface area contributed by atoms with Crippen LogP contribution in [0.3, 0.4) is 0 Å². The molecular weight excluding hydrogens is 321 g/mol. The van der Waals surface area contributed by atoms with Crippen molar-refractivity contribution in [2.24, 2.45) is 0 Å². The topological polar surface area (TPSA) is 57.0 Å². The van der Waals surface area contributed by atoms with Crippen LogP contribution in [-0.2, 0) is 4.74 Å². The molecule has 0 atom stereocenters. The number of aromatic nitrogens is 3. The molecule has 2 aromatic heterocycles. The molecule has 96 valence electrons. The minimum absolute atomic E-state index is 0.205. The van der Waals surface area contributed by atoms with Gasteiger partial charge in [0.25, 0.3) is 0 Å². The highest BCUT2D eigenvalue weighted by Crippen LogP contribution is 2.28. The maximum atomic E-state index is 12.0. The summed E-state index contributed by atoms with van der Waals surface area (Å²) in [6.07, 6.45) is 2.39. The smallest absolute Gasteiger partial charge is 0.419 e. The number of ether oxygens (including phenoxy) is 1. The lowest BCUT2D eigenvalue weighted by Crippen LogP contribution is -2.26. The van der Waals surface area contributed by atoms with Crippen LogP contribution in [0, 0.1) is 0 Å². The van der Waals surface area contributed by atoms with E-state index in [4.69, 9.17) is 16.3 Å². The van der Waals surface area contributed by atoms with Gasteiger partial charge in [0.15, 0.2) is 5.15 Å². The lowest BCUT2D eigenvalue weighted by Gasteiger charge is -2.19. The van der Waals surface area contributed by atoms with Crippen LogP contribution in [0.1, 0.15) is 20.8 Å². The summed E-state index contributed by atoms with van der Waals surface area (Å²) in [7, 11) is 0. The molecule has 0 N–H and O–H groups in total. The summed E-state index contributed by atoms with van der Waals surface area (Å²) in [5.74, 6) is 0. The number of halogens is 2. The van der Waals surface area contributed by atoms with Gasteiger partial charge in [-0.15, -0.1) is 0 Å². The molecular formula is C11H11BrClN3O2. The maximum absolute atomic E-state index is 12.0. The number of carbonyl (C=O) groups excluding carboxylic acids is 1. The van der Waals surface area contributed by atoms with Crippen LogP contribution in [0.25, 0.3) is 11.0 Å². The van der Waals surface area contributed by atoms with Crippen molar-refractivity contribution in [1.82, 2.24) is 14.5 Å². The lowest BCUT2D eigenvalue weighted by atomic mass is 10.2. The lowest BCUT2D eigenvalue weighted by molar-refractivity contribution is 0.0544. The molecule has 0 aliphatic rings. The molecule has 0 aliphatic heterocycles. The van der Waals surface area contributed by atoms with E-state index < -0.39 is 11.7 Å². The summed E-state index contributed by atoms with van der Waals surface area (Å²) in [6.45, 7) is 5.39. The molecule has 0 bridgehead atoms. The van der Waals surface area contributed by atoms with Crippen molar-refractivity contribution in [3.8, 4) is 0 Å². The van der Waals surface area contributed by atoms with Gasteiger partial charge in [-0.3, -0.25) is 0 Å². The van der Waals surface area contributed by atoms with Gasteiger partial charge in [-0.05, 0) is 36.7 Å². The van der Waals surface area contributed by atoms with Crippen LogP contribution < -0.4 is 0 Å². The molecule has 0 aliphatic carbocycles. The molecule has 0 saturated heterocycles. The summed E-state index contributed by atoms with van der Waals surface area (Å²) in [4.78, 5) is 20.0. The Bertz CT molecular complexity index is 619. The van der Waals surface area contributed by atoms with Gasteiger partial charge in [0.1, 0.15) is 23.0 Å². The molecule has 0 saturated carbocycles. The van der Waals surface area contributed by atoms with Crippen LogP contribution in [0.5, 0.6) is 0 Å². The molecule has 18 heavy (non-hydrogen) atoms. The monoisotopic (exact) mass is 331 g/mol. The van der Waals surface area contributed by atoms with Crippen molar-refractivity contribution in [2.75, 3.05) is 0 Å². The van der Waals surface area contributed by atoms with Gasteiger partial charge in [-0.1, -0.05) is 11.6 Å². The van der Waals surface area contributed by atoms with E-state index >= 15 is 0 Å². The molecule has 2 rings (SSSR count). The highest BCUT2D eigenvalue weighted by molar-refractivity contribution is 9.10. The van der Waals surface area contributed by atoms with Gasteiger partial charge in [-0.25, -0.2) is 19.3 Å². The van der Waals surface area contributed by atoms with E-state index in [-0.39, 0.29) is 5.15 Å². The van der Waals surface area contributed by atoms with Gasteiger partial charge in [-0.2, -0.15) is 0 Å². The van der Waals surface area contributed by atoms with Gasteiger partial charge >= 0.3 is 6.09 Å². The molecule has 2 heterocycles. The summed E-state index contributed by atoms with van der Waals surface area (Å²) >= 11 is 9.31. The Morgan fingerprint density at radius 1 is 1.44 bits per heavy atom. The van der Waals surface area contributed by atoms with Crippen LogP contribution in [0.15, 0.2) is 17.0 Å². The third-order valence-corrected chi connectivity index (χ3v) is 2.93. The Morgan fingerprint density at radius 3 is 2.72 bits per heavy atom. The molecule has 2 aromatic rings. The van der Waals surface area contributed by atoms with Crippen LogP contribution >= 0.6 is 27.5 Å². The molecule has 0 unspecified atom stereocenters. The first-order valence-electron chi connectivity index (χ1n) is 5.20. The number of rotatable bonds is 0. The Labute approximate surface area is 117 Å². The molecule has 5 nitrogen and oxygen atoms in total. The van der Waals surface area contributed by atoms with Crippen LogP contribution in [-0.4, -0.2) is 26.2 Å². The van der Waals surface area contributed by atoms with E-state index in [2.05, 4.69) is 25.9 Å². The van der Waals surface area contributed by atoms with E-state index in [1.54, 1.807) is 27.0 Å². The second-order valence-corrected chi connectivity index (χ2v) is 5.90. The van der Waals surface area contributed by atoms with Crippen LogP contribution in [0.2, 0.25) is 5.15 Å². The molecule has 7 heteroatoms. The van der Waals surface area contributed by atoms with Crippen molar-refractivity contribution >= 4 is 44.7 Å². The van der Waals surface area contributed by atoms with Gasteiger partial charge in [0.05, 0.1) is 4.47 Å². The number of carbonyl (C=O) groups is 1. The minimum atomic E-state index is -0.581. The Hall–Kier alpha value is -1.14. The number of hydrogen-bond acceptors (Lipinski definition) is 4. The second kappa shape index (κ2) is 4.51.